The lowest BCUT2D eigenvalue weighted by Crippen LogP contribution is -2.39. The molecule has 120 valence electrons. The molecule has 1 aliphatic rings. The lowest BCUT2D eigenvalue weighted by molar-refractivity contribution is -0.134. The summed E-state index contributed by atoms with van der Waals surface area (Å²) in [5, 5.41) is 2.16. The number of hydrogen-bond donors (Lipinski definition) is 1. The number of thiophene rings is 1. The lowest BCUT2D eigenvalue weighted by atomic mass is 9.97. The van der Waals surface area contributed by atoms with Crippen LogP contribution in [-0.4, -0.2) is 23.9 Å². The summed E-state index contributed by atoms with van der Waals surface area (Å²) in [7, 11) is 0. The molecule has 1 aliphatic heterocycles. The van der Waals surface area contributed by atoms with Gasteiger partial charge >= 0.3 is 0 Å². The van der Waals surface area contributed by atoms with Crippen LogP contribution in [0.2, 0.25) is 0 Å². The van der Waals surface area contributed by atoms with Gasteiger partial charge in [0.25, 0.3) is 0 Å². The van der Waals surface area contributed by atoms with Crippen molar-refractivity contribution in [1.82, 2.24) is 4.90 Å². The van der Waals surface area contributed by atoms with Crippen LogP contribution in [0.1, 0.15) is 61.9 Å². The van der Waals surface area contributed by atoms with Crippen LogP contribution in [0, 0.1) is 0 Å². The van der Waals surface area contributed by atoms with Crippen LogP contribution in [0.4, 0.5) is 0 Å². The number of unbranched alkanes of at least 4 members (excludes halogenated alkanes) is 3. The smallest absolute Gasteiger partial charge is 0.223 e. The Morgan fingerprint density at radius 3 is 2.86 bits per heavy atom. The van der Waals surface area contributed by atoms with Gasteiger partial charge in [0, 0.05) is 17.8 Å². The largest absolute Gasteiger partial charge is 0.335 e. The van der Waals surface area contributed by atoms with Gasteiger partial charge in [0.05, 0.1) is 6.04 Å². The van der Waals surface area contributed by atoms with Gasteiger partial charge in [0.1, 0.15) is 0 Å². The molecular weight excluding hydrogens is 304 g/mol. The Bertz CT molecular complexity index is 436. The molecule has 2 rings (SSSR count). The fourth-order valence-corrected chi connectivity index (χ4v) is 3.98. The van der Waals surface area contributed by atoms with Gasteiger partial charge in [0.2, 0.25) is 5.91 Å². The topological polar surface area (TPSA) is 46.3 Å². The van der Waals surface area contributed by atoms with E-state index in [0.717, 1.165) is 51.6 Å². The minimum absolute atomic E-state index is 0. The Balaban J connectivity index is 0.00000220. The first-order valence-electron chi connectivity index (χ1n) is 7.83. The molecule has 0 aliphatic carbocycles. The van der Waals surface area contributed by atoms with Crippen LogP contribution >= 0.6 is 23.7 Å². The fourth-order valence-electron chi connectivity index (χ4n) is 3.05. The van der Waals surface area contributed by atoms with E-state index >= 15 is 0 Å². The molecule has 2 N–H and O–H groups in total. The molecule has 2 heterocycles. The molecule has 1 aromatic rings. The maximum atomic E-state index is 12.4. The fraction of sp³-hybridized carbons (Fsp3) is 0.688. The summed E-state index contributed by atoms with van der Waals surface area (Å²) in [6.45, 7) is 3.84. The highest BCUT2D eigenvalue weighted by Gasteiger charge is 2.29. The van der Waals surface area contributed by atoms with Crippen molar-refractivity contribution in [3.05, 3.63) is 21.9 Å². The van der Waals surface area contributed by atoms with E-state index in [0.29, 0.717) is 18.4 Å². The molecule has 0 fully saturated rings. The molecule has 0 saturated carbocycles. The number of nitrogens with two attached hydrogens (primary N) is 1. The zero-order valence-corrected chi connectivity index (χ0v) is 14.5. The molecule has 1 aromatic heterocycles. The molecule has 0 aromatic carbocycles. The summed E-state index contributed by atoms with van der Waals surface area (Å²) in [4.78, 5) is 16.0. The average molecular weight is 331 g/mol. The number of halogens is 1. The lowest BCUT2D eigenvalue weighted by Gasteiger charge is -2.35. The molecule has 1 amide bonds. The maximum absolute atomic E-state index is 12.4. The third-order valence-corrected chi connectivity index (χ3v) is 5.14. The quantitative estimate of drug-likeness (QED) is 0.770. The number of hydrogen-bond acceptors (Lipinski definition) is 3. The monoisotopic (exact) mass is 330 g/mol. The van der Waals surface area contributed by atoms with Crippen molar-refractivity contribution in [3.8, 4) is 0 Å². The first kappa shape index (κ1) is 18.5. The molecule has 0 saturated heterocycles. The van der Waals surface area contributed by atoms with Crippen molar-refractivity contribution in [2.75, 3.05) is 13.1 Å². The van der Waals surface area contributed by atoms with Crippen molar-refractivity contribution in [3.63, 3.8) is 0 Å². The second-order valence-corrected chi connectivity index (χ2v) is 6.51. The van der Waals surface area contributed by atoms with E-state index in [1.807, 2.05) is 11.3 Å². The van der Waals surface area contributed by atoms with Crippen LogP contribution in [0.3, 0.4) is 0 Å². The summed E-state index contributed by atoms with van der Waals surface area (Å²) >= 11 is 1.84. The highest BCUT2D eigenvalue weighted by atomic mass is 35.5. The Kier molecular flexibility index (Phi) is 8.30. The Labute approximate surface area is 138 Å². The van der Waals surface area contributed by atoms with Gasteiger partial charge in [-0.3, -0.25) is 4.79 Å². The van der Waals surface area contributed by atoms with E-state index in [9.17, 15) is 4.79 Å². The van der Waals surface area contributed by atoms with Gasteiger partial charge in [-0.15, -0.1) is 23.7 Å². The zero-order chi connectivity index (χ0) is 14.4. The summed E-state index contributed by atoms with van der Waals surface area (Å²) in [6, 6.07) is 2.51. The standard InChI is InChI=1S/C16H26N2OS.ClH/c1-2-14-13-9-12-20-15(13)8-11-18(14)16(19)7-5-3-4-6-10-17;/h9,12,14H,2-8,10-11,17H2,1H3;1H. The van der Waals surface area contributed by atoms with Crippen LogP contribution < -0.4 is 5.73 Å². The zero-order valence-electron chi connectivity index (χ0n) is 12.8. The molecule has 0 bridgehead atoms. The number of nitrogens with zero attached hydrogens (tertiary/aromatic N) is 1. The first-order chi connectivity index (χ1) is 9.77. The van der Waals surface area contributed by atoms with Gasteiger partial charge < -0.3 is 10.6 Å². The SMILES string of the molecule is CCC1c2ccsc2CCN1C(=O)CCCCCCN.Cl. The maximum Gasteiger partial charge on any atom is 0.223 e. The normalized spacial score (nSPS) is 17.2. The predicted octanol–water partition coefficient (Wildman–Crippen LogP) is 3.91. The predicted molar refractivity (Wildman–Crippen MR) is 92.2 cm³/mol. The van der Waals surface area contributed by atoms with E-state index in [1.54, 1.807) is 0 Å². The molecule has 0 radical (unpaired) electrons. The minimum atomic E-state index is 0. The van der Waals surface area contributed by atoms with Crippen molar-refractivity contribution >= 4 is 29.7 Å². The van der Waals surface area contributed by atoms with Crippen molar-refractivity contribution in [1.29, 1.82) is 0 Å². The van der Waals surface area contributed by atoms with E-state index in [2.05, 4.69) is 23.3 Å². The molecule has 1 unspecified atom stereocenters. The molecule has 21 heavy (non-hydrogen) atoms. The average Bonchev–Trinajstić information content (AvgIpc) is 2.94. The third-order valence-electron chi connectivity index (χ3n) is 4.15. The van der Waals surface area contributed by atoms with Crippen LogP contribution in [0.5, 0.6) is 0 Å². The van der Waals surface area contributed by atoms with Crippen molar-refractivity contribution in [2.45, 2.75) is 57.9 Å². The Hall–Kier alpha value is -0.580. The van der Waals surface area contributed by atoms with Gasteiger partial charge in [-0.05, 0) is 49.2 Å². The number of rotatable bonds is 7. The molecule has 0 spiro atoms. The van der Waals surface area contributed by atoms with Crippen LogP contribution in [-0.2, 0) is 11.2 Å². The van der Waals surface area contributed by atoms with E-state index in [-0.39, 0.29) is 12.4 Å². The minimum Gasteiger partial charge on any atom is -0.335 e. The van der Waals surface area contributed by atoms with Crippen LogP contribution in [0.25, 0.3) is 0 Å². The van der Waals surface area contributed by atoms with Crippen molar-refractivity contribution in [2.24, 2.45) is 5.73 Å². The summed E-state index contributed by atoms with van der Waals surface area (Å²) in [5.74, 6) is 0.335. The third kappa shape index (κ3) is 4.70. The molecule has 1 atom stereocenters. The van der Waals surface area contributed by atoms with E-state index in [1.165, 1.54) is 10.4 Å². The second kappa shape index (κ2) is 9.44. The Morgan fingerprint density at radius 2 is 2.14 bits per heavy atom. The summed E-state index contributed by atoms with van der Waals surface area (Å²) < 4.78 is 0. The first-order valence-corrected chi connectivity index (χ1v) is 8.71. The summed E-state index contributed by atoms with van der Waals surface area (Å²) in [6.07, 6.45) is 7.09. The Morgan fingerprint density at radius 1 is 1.38 bits per heavy atom. The second-order valence-electron chi connectivity index (χ2n) is 5.51. The van der Waals surface area contributed by atoms with Crippen molar-refractivity contribution < 1.29 is 4.79 Å². The highest BCUT2D eigenvalue weighted by molar-refractivity contribution is 7.10. The van der Waals surface area contributed by atoms with Gasteiger partial charge in [-0.25, -0.2) is 0 Å². The number of amides is 1. The highest BCUT2D eigenvalue weighted by Crippen LogP contribution is 2.35. The molecule has 5 heteroatoms. The van der Waals surface area contributed by atoms with Crippen LogP contribution in [0.15, 0.2) is 11.4 Å². The molecule has 3 nitrogen and oxygen atoms in total. The van der Waals surface area contributed by atoms with Gasteiger partial charge in [-0.1, -0.05) is 19.8 Å². The van der Waals surface area contributed by atoms with Gasteiger partial charge in [0.15, 0.2) is 0 Å². The number of fused-ring (bicyclic) bond motifs is 1. The number of carbonyl (C=O) groups excluding carboxylic acids is 1. The van der Waals surface area contributed by atoms with E-state index < -0.39 is 0 Å². The number of carbonyl (C=O) groups is 1. The van der Waals surface area contributed by atoms with Gasteiger partial charge in [-0.2, -0.15) is 0 Å². The molecular formula is C16H27ClN2OS. The summed E-state index contributed by atoms with van der Waals surface area (Å²) in [5.41, 5.74) is 6.87. The van der Waals surface area contributed by atoms with E-state index in [4.69, 9.17) is 5.73 Å².